The van der Waals surface area contributed by atoms with E-state index in [1.54, 1.807) is 4.90 Å². The third-order valence-corrected chi connectivity index (χ3v) is 3.30. The van der Waals surface area contributed by atoms with Crippen LogP contribution < -0.4 is 0 Å². The monoisotopic (exact) mass is 302 g/mol. The molecule has 0 unspecified atom stereocenters. The maximum Gasteiger partial charge on any atom is 0.358 e. The molecule has 0 aliphatic rings. The molecule has 2 aromatic rings. The Balaban J connectivity index is 1.92. The second-order valence-corrected chi connectivity index (χ2v) is 4.82. The Morgan fingerprint density at radius 2 is 2.00 bits per heavy atom. The van der Waals surface area contributed by atoms with Gasteiger partial charge in [-0.3, -0.25) is 4.79 Å². The summed E-state index contributed by atoms with van der Waals surface area (Å²) in [5, 5.41) is 15.9. The van der Waals surface area contributed by atoms with Crippen LogP contribution in [0.2, 0.25) is 0 Å². The number of hydrogen-bond acceptors (Lipinski definition) is 4. The van der Waals surface area contributed by atoms with Crippen LogP contribution in [0.1, 0.15) is 23.0 Å². The number of amides is 1. The fourth-order valence-corrected chi connectivity index (χ4v) is 2.08. The average Bonchev–Trinajstić information content (AvgIpc) is 2.97. The van der Waals surface area contributed by atoms with Crippen molar-refractivity contribution in [3.8, 4) is 0 Å². The fourth-order valence-electron chi connectivity index (χ4n) is 2.08. The van der Waals surface area contributed by atoms with E-state index in [9.17, 15) is 9.59 Å². The molecule has 2 rings (SSSR count). The highest BCUT2D eigenvalue weighted by molar-refractivity contribution is 5.84. The summed E-state index contributed by atoms with van der Waals surface area (Å²) in [5.74, 6) is -1.27. The molecule has 1 heterocycles. The molecule has 7 nitrogen and oxygen atoms in total. The lowest BCUT2D eigenvalue weighted by molar-refractivity contribution is -0.131. The molecule has 7 heteroatoms. The van der Waals surface area contributed by atoms with Gasteiger partial charge in [0.1, 0.15) is 6.54 Å². The minimum atomic E-state index is -1.16. The molecule has 0 spiro atoms. The second kappa shape index (κ2) is 7.35. The quantitative estimate of drug-likeness (QED) is 0.826. The Hall–Kier alpha value is -2.70. The molecule has 116 valence electrons. The molecule has 0 fully saturated rings. The summed E-state index contributed by atoms with van der Waals surface area (Å²) >= 11 is 0. The molecule has 0 saturated heterocycles. The summed E-state index contributed by atoms with van der Waals surface area (Å²) in [6.07, 6.45) is 2.03. The van der Waals surface area contributed by atoms with Crippen molar-refractivity contribution in [1.29, 1.82) is 0 Å². The van der Waals surface area contributed by atoms with E-state index in [0.717, 1.165) is 6.42 Å². The predicted octanol–water partition coefficient (Wildman–Crippen LogP) is 1.07. The molecule has 1 aromatic carbocycles. The molecule has 0 bridgehead atoms. The Kier molecular flexibility index (Phi) is 5.24. The Bertz CT molecular complexity index is 639. The topological polar surface area (TPSA) is 88.3 Å². The molecule has 0 atom stereocenters. The van der Waals surface area contributed by atoms with E-state index in [4.69, 9.17) is 5.11 Å². The first-order valence-electron chi connectivity index (χ1n) is 7.05. The van der Waals surface area contributed by atoms with Crippen LogP contribution in [0.3, 0.4) is 0 Å². The number of carbonyl (C=O) groups is 2. The Morgan fingerprint density at radius 1 is 1.27 bits per heavy atom. The van der Waals surface area contributed by atoms with E-state index in [1.807, 2.05) is 37.3 Å². The largest absolute Gasteiger partial charge is 0.476 e. The third-order valence-electron chi connectivity index (χ3n) is 3.30. The summed E-state index contributed by atoms with van der Waals surface area (Å²) in [7, 11) is 0. The zero-order valence-corrected chi connectivity index (χ0v) is 12.3. The first-order valence-corrected chi connectivity index (χ1v) is 7.05. The number of carbonyl (C=O) groups excluding carboxylic acids is 1. The number of aromatic carboxylic acids is 1. The van der Waals surface area contributed by atoms with Gasteiger partial charge in [0.25, 0.3) is 0 Å². The number of likely N-dealkylation sites (N-methyl/N-ethyl adjacent to an activating group) is 1. The van der Waals surface area contributed by atoms with Crippen LogP contribution >= 0.6 is 0 Å². The van der Waals surface area contributed by atoms with E-state index >= 15 is 0 Å². The van der Waals surface area contributed by atoms with Gasteiger partial charge in [-0.1, -0.05) is 35.5 Å². The lowest BCUT2D eigenvalue weighted by atomic mass is 10.1. The van der Waals surface area contributed by atoms with Gasteiger partial charge in [-0.25, -0.2) is 9.48 Å². The highest BCUT2D eigenvalue weighted by Crippen LogP contribution is 2.03. The lowest BCUT2D eigenvalue weighted by Crippen LogP contribution is -2.35. The molecular weight excluding hydrogens is 284 g/mol. The number of benzene rings is 1. The van der Waals surface area contributed by atoms with Gasteiger partial charge in [0.2, 0.25) is 5.91 Å². The second-order valence-electron chi connectivity index (χ2n) is 4.82. The fraction of sp³-hybridized carbons (Fsp3) is 0.333. The number of nitrogens with zero attached hydrogens (tertiary/aromatic N) is 4. The minimum Gasteiger partial charge on any atom is -0.476 e. The summed E-state index contributed by atoms with van der Waals surface area (Å²) in [6.45, 7) is 3.10. The highest BCUT2D eigenvalue weighted by Gasteiger charge is 2.15. The van der Waals surface area contributed by atoms with Gasteiger partial charge in [-0.05, 0) is 18.9 Å². The van der Waals surface area contributed by atoms with Crippen molar-refractivity contribution in [2.75, 3.05) is 13.1 Å². The van der Waals surface area contributed by atoms with Gasteiger partial charge in [0.05, 0.1) is 6.20 Å². The van der Waals surface area contributed by atoms with Crippen LogP contribution in [-0.4, -0.2) is 50.0 Å². The van der Waals surface area contributed by atoms with Crippen LogP contribution in [0.25, 0.3) is 0 Å². The van der Waals surface area contributed by atoms with Crippen molar-refractivity contribution in [2.45, 2.75) is 19.9 Å². The van der Waals surface area contributed by atoms with E-state index < -0.39 is 5.97 Å². The maximum absolute atomic E-state index is 12.2. The maximum atomic E-state index is 12.2. The molecule has 0 aliphatic carbocycles. The summed E-state index contributed by atoms with van der Waals surface area (Å²) in [6, 6.07) is 9.94. The Morgan fingerprint density at radius 3 is 2.59 bits per heavy atom. The summed E-state index contributed by atoms with van der Waals surface area (Å²) in [5.41, 5.74) is 1.00. The molecule has 0 saturated carbocycles. The van der Waals surface area contributed by atoms with Gasteiger partial charge >= 0.3 is 5.97 Å². The van der Waals surface area contributed by atoms with Gasteiger partial charge < -0.3 is 10.0 Å². The molecular formula is C15H18N4O3. The number of hydrogen-bond donors (Lipinski definition) is 1. The zero-order chi connectivity index (χ0) is 15.9. The zero-order valence-electron chi connectivity index (χ0n) is 12.3. The third kappa shape index (κ3) is 4.15. The van der Waals surface area contributed by atoms with Crippen LogP contribution in [-0.2, 0) is 17.8 Å². The first-order chi connectivity index (χ1) is 10.6. The Labute approximate surface area is 128 Å². The predicted molar refractivity (Wildman–Crippen MR) is 79.4 cm³/mol. The normalized spacial score (nSPS) is 10.4. The summed E-state index contributed by atoms with van der Waals surface area (Å²) in [4.78, 5) is 24.7. The number of rotatable bonds is 7. The van der Waals surface area contributed by atoms with Gasteiger partial charge in [0.15, 0.2) is 5.69 Å². The van der Waals surface area contributed by atoms with Crippen LogP contribution in [0.15, 0.2) is 36.5 Å². The minimum absolute atomic E-state index is 0.0110. The van der Waals surface area contributed by atoms with E-state index in [0.29, 0.717) is 13.1 Å². The number of aromatic nitrogens is 3. The van der Waals surface area contributed by atoms with Crippen molar-refractivity contribution in [1.82, 2.24) is 19.9 Å². The molecule has 1 amide bonds. The number of carboxylic acid groups (broad SMARTS) is 1. The van der Waals surface area contributed by atoms with Crippen molar-refractivity contribution >= 4 is 11.9 Å². The van der Waals surface area contributed by atoms with Crippen molar-refractivity contribution in [2.24, 2.45) is 0 Å². The molecule has 1 aromatic heterocycles. The van der Waals surface area contributed by atoms with Gasteiger partial charge in [0, 0.05) is 13.1 Å². The van der Waals surface area contributed by atoms with Crippen molar-refractivity contribution in [3.05, 3.63) is 47.8 Å². The SMILES string of the molecule is CCN(CCc1ccccc1)C(=O)Cn1cc(C(=O)O)nn1. The van der Waals surface area contributed by atoms with E-state index in [1.165, 1.54) is 16.4 Å². The molecule has 0 radical (unpaired) electrons. The average molecular weight is 302 g/mol. The van der Waals surface area contributed by atoms with Crippen LogP contribution in [0.4, 0.5) is 0 Å². The first kappa shape index (κ1) is 15.7. The van der Waals surface area contributed by atoms with E-state index in [2.05, 4.69) is 10.3 Å². The standard InChI is InChI=1S/C15H18N4O3/c1-2-18(9-8-12-6-4-3-5-7-12)14(20)11-19-10-13(15(21)22)16-17-19/h3-7,10H,2,8-9,11H2,1H3,(H,21,22). The van der Waals surface area contributed by atoms with Crippen LogP contribution in [0.5, 0.6) is 0 Å². The van der Waals surface area contributed by atoms with Crippen molar-refractivity contribution < 1.29 is 14.7 Å². The van der Waals surface area contributed by atoms with E-state index in [-0.39, 0.29) is 18.1 Å². The molecule has 1 N–H and O–H groups in total. The lowest BCUT2D eigenvalue weighted by Gasteiger charge is -2.20. The molecule has 0 aliphatic heterocycles. The summed E-state index contributed by atoms with van der Waals surface area (Å²) < 4.78 is 1.25. The number of carboxylic acids is 1. The highest BCUT2D eigenvalue weighted by atomic mass is 16.4. The molecule has 22 heavy (non-hydrogen) atoms. The van der Waals surface area contributed by atoms with Crippen molar-refractivity contribution in [3.63, 3.8) is 0 Å². The van der Waals surface area contributed by atoms with Crippen LogP contribution in [0, 0.1) is 0 Å². The van der Waals surface area contributed by atoms with Gasteiger partial charge in [-0.15, -0.1) is 5.10 Å². The smallest absolute Gasteiger partial charge is 0.358 e. The van der Waals surface area contributed by atoms with Gasteiger partial charge in [-0.2, -0.15) is 0 Å².